The van der Waals surface area contributed by atoms with Crippen LogP contribution in [0.25, 0.3) is 11.2 Å². The highest BCUT2D eigenvalue weighted by atomic mass is 19.1. The molecular weight excluding hydrogens is 275 g/mol. The number of H-pyrrole nitrogens is 1. The number of aromatic amines is 1. The number of fused-ring (bicyclic) bond motifs is 1. The van der Waals surface area contributed by atoms with Crippen LogP contribution < -0.4 is 10.6 Å². The van der Waals surface area contributed by atoms with Gasteiger partial charge in [-0.15, -0.1) is 0 Å². The molecule has 0 atom stereocenters. The lowest BCUT2D eigenvalue weighted by Gasteiger charge is -2.09. The Labute approximate surface area is 119 Å². The van der Waals surface area contributed by atoms with E-state index in [1.54, 1.807) is 12.1 Å². The number of hydrogen-bond donors (Lipinski definition) is 4. The van der Waals surface area contributed by atoms with Crippen molar-refractivity contribution < 1.29 is 9.50 Å². The van der Waals surface area contributed by atoms with E-state index in [0.29, 0.717) is 35.2 Å². The van der Waals surface area contributed by atoms with Gasteiger partial charge in [-0.3, -0.25) is 0 Å². The molecule has 0 spiro atoms. The smallest absolute Gasteiger partial charge is 0.226 e. The molecule has 0 unspecified atom stereocenters. The van der Waals surface area contributed by atoms with Gasteiger partial charge in [0.15, 0.2) is 11.5 Å². The maximum Gasteiger partial charge on any atom is 0.226 e. The van der Waals surface area contributed by atoms with Crippen LogP contribution in [-0.2, 0) is 0 Å². The Balaban J connectivity index is 1.97. The average Bonchev–Trinajstić information content (AvgIpc) is 2.94. The van der Waals surface area contributed by atoms with Gasteiger partial charge < -0.3 is 20.7 Å². The number of aliphatic hydroxyl groups excluding tert-OH is 1. The molecule has 108 valence electrons. The third-order valence-corrected chi connectivity index (χ3v) is 2.77. The van der Waals surface area contributed by atoms with E-state index in [1.165, 1.54) is 18.5 Å². The minimum atomic E-state index is -0.339. The van der Waals surface area contributed by atoms with Gasteiger partial charge in [0, 0.05) is 12.2 Å². The molecule has 0 aliphatic rings. The highest BCUT2D eigenvalue weighted by Crippen LogP contribution is 2.23. The number of aromatic nitrogens is 4. The molecule has 2 heterocycles. The quantitative estimate of drug-likeness (QED) is 0.569. The van der Waals surface area contributed by atoms with Crippen LogP contribution in [0.5, 0.6) is 0 Å². The van der Waals surface area contributed by atoms with Gasteiger partial charge in [-0.05, 0) is 18.2 Å². The first kappa shape index (κ1) is 13.3. The Kier molecular flexibility index (Phi) is 3.61. The number of imidazole rings is 1. The molecule has 8 heteroatoms. The molecule has 4 N–H and O–H groups in total. The minimum absolute atomic E-state index is 0.0331. The van der Waals surface area contributed by atoms with Gasteiger partial charge in [-0.2, -0.15) is 9.97 Å². The fourth-order valence-corrected chi connectivity index (χ4v) is 1.87. The molecule has 3 rings (SSSR count). The van der Waals surface area contributed by atoms with Crippen molar-refractivity contribution in [2.45, 2.75) is 0 Å². The monoisotopic (exact) mass is 288 g/mol. The molecule has 3 aromatic rings. The van der Waals surface area contributed by atoms with Crippen LogP contribution in [0.15, 0.2) is 30.6 Å². The molecule has 21 heavy (non-hydrogen) atoms. The molecule has 2 aromatic heterocycles. The van der Waals surface area contributed by atoms with Crippen molar-refractivity contribution in [3.8, 4) is 0 Å². The highest BCUT2D eigenvalue weighted by molar-refractivity contribution is 5.86. The maximum atomic E-state index is 13.2. The van der Waals surface area contributed by atoms with Gasteiger partial charge in [0.2, 0.25) is 5.95 Å². The SMILES string of the molecule is OCCNc1nc(Nc2cccc(F)c2)c2[nH]cnc2n1. The molecule has 0 radical (unpaired) electrons. The minimum Gasteiger partial charge on any atom is -0.395 e. The fourth-order valence-electron chi connectivity index (χ4n) is 1.87. The van der Waals surface area contributed by atoms with Gasteiger partial charge in [0.05, 0.1) is 12.9 Å². The number of hydrogen-bond acceptors (Lipinski definition) is 6. The summed E-state index contributed by atoms with van der Waals surface area (Å²) in [5.41, 5.74) is 1.66. The predicted molar refractivity (Wildman–Crippen MR) is 76.9 cm³/mol. The van der Waals surface area contributed by atoms with E-state index in [9.17, 15) is 4.39 Å². The van der Waals surface area contributed by atoms with Crippen LogP contribution in [0.1, 0.15) is 0 Å². The summed E-state index contributed by atoms with van der Waals surface area (Å²) >= 11 is 0. The predicted octanol–water partition coefficient (Wildman–Crippen LogP) is 1.64. The Hall–Kier alpha value is -2.74. The molecule has 1 aromatic carbocycles. The van der Waals surface area contributed by atoms with Crippen LogP contribution in [0.2, 0.25) is 0 Å². The lowest BCUT2D eigenvalue weighted by atomic mass is 10.3. The number of nitrogens with one attached hydrogen (secondary N) is 3. The summed E-state index contributed by atoms with van der Waals surface area (Å²) in [6, 6.07) is 6.07. The van der Waals surface area contributed by atoms with E-state index in [2.05, 4.69) is 30.6 Å². The summed E-state index contributed by atoms with van der Waals surface area (Å²) in [5, 5.41) is 14.7. The number of nitrogens with zero attached hydrogens (tertiary/aromatic N) is 3. The number of anilines is 3. The van der Waals surface area contributed by atoms with E-state index < -0.39 is 0 Å². The van der Waals surface area contributed by atoms with Gasteiger partial charge in [-0.25, -0.2) is 9.37 Å². The van der Waals surface area contributed by atoms with E-state index in [0.717, 1.165) is 0 Å². The molecule has 0 saturated heterocycles. The van der Waals surface area contributed by atoms with Crippen LogP contribution >= 0.6 is 0 Å². The number of rotatable bonds is 5. The second-order valence-electron chi connectivity index (χ2n) is 4.28. The molecule has 0 fully saturated rings. The van der Waals surface area contributed by atoms with Crippen molar-refractivity contribution in [3.63, 3.8) is 0 Å². The Morgan fingerprint density at radius 1 is 1.29 bits per heavy atom. The molecule has 7 nitrogen and oxygen atoms in total. The zero-order valence-corrected chi connectivity index (χ0v) is 11.0. The molecule has 0 bridgehead atoms. The lowest BCUT2D eigenvalue weighted by molar-refractivity contribution is 0.311. The van der Waals surface area contributed by atoms with Crippen molar-refractivity contribution in [2.24, 2.45) is 0 Å². The first-order valence-corrected chi connectivity index (χ1v) is 6.35. The lowest BCUT2D eigenvalue weighted by Crippen LogP contribution is -2.10. The van der Waals surface area contributed by atoms with Gasteiger partial charge in [-0.1, -0.05) is 6.07 Å². The second kappa shape index (κ2) is 5.71. The van der Waals surface area contributed by atoms with Crippen molar-refractivity contribution in [1.29, 1.82) is 0 Å². The summed E-state index contributed by atoms with van der Waals surface area (Å²) in [5.74, 6) is 0.472. The summed E-state index contributed by atoms with van der Waals surface area (Å²) in [7, 11) is 0. The summed E-state index contributed by atoms with van der Waals surface area (Å²) in [6.07, 6.45) is 1.51. The Bertz CT molecular complexity index is 759. The van der Waals surface area contributed by atoms with E-state index in [4.69, 9.17) is 5.11 Å². The third-order valence-electron chi connectivity index (χ3n) is 2.77. The van der Waals surface area contributed by atoms with Crippen molar-refractivity contribution in [2.75, 3.05) is 23.8 Å². The largest absolute Gasteiger partial charge is 0.395 e. The van der Waals surface area contributed by atoms with Crippen LogP contribution in [0.3, 0.4) is 0 Å². The summed E-state index contributed by atoms with van der Waals surface area (Å²) < 4.78 is 13.2. The number of benzene rings is 1. The van der Waals surface area contributed by atoms with Crippen LogP contribution in [-0.4, -0.2) is 38.2 Å². The summed E-state index contributed by atoms with van der Waals surface area (Å²) in [6.45, 7) is 0.296. The number of halogens is 1. The molecule has 0 saturated carbocycles. The van der Waals surface area contributed by atoms with Gasteiger partial charge in [0.1, 0.15) is 11.3 Å². The Morgan fingerprint density at radius 2 is 2.19 bits per heavy atom. The van der Waals surface area contributed by atoms with Crippen LogP contribution in [0.4, 0.5) is 21.8 Å². The number of aliphatic hydroxyl groups is 1. The fraction of sp³-hybridized carbons (Fsp3) is 0.154. The van der Waals surface area contributed by atoms with E-state index in [1.807, 2.05) is 0 Å². The van der Waals surface area contributed by atoms with E-state index >= 15 is 0 Å². The topological polar surface area (TPSA) is 98.8 Å². The molecule has 0 aliphatic carbocycles. The van der Waals surface area contributed by atoms with E-state index in [-0.39, 0.29) is 12.4 Å². The highest BCUT2D eigenvalue weighted by Gasteiger charge is 2.10. The molecule has 0 amide bonds. The van der Waals surface area contributed by atoms with Crippen LogP contribution in [0, 0.1) is 5.82 Å². The standard InChI is InChI=1S/C13H13FN6O/c14-8-2-1-3-9(6-8)18-12-10-11(17-7-16-10)19-13(20-12)15-4-5-21/h1-3,6-7,21H,4-5H2,(H3,15,16,17,18,19,20). The van der Waals surface area contributed by atoms with Crippen molar-refractivity contribution >= 4 is 28.6 Å². The Morgan fingerprint density at radius 3 is 3.00 bits per heavy atom. The second-order valence-corrected chi connectivity index (χ2v) is 4.28. The van der Waals surface area contributed by atoms with Gasteiger partial charge in [0.25, 0.3) is 0 Å². The molecule has 0 aliphatic heterocycles. The summed E-state index contributed by atoms with van der Waals surface area (Å²) in [4.78, 5) is 15.5. The maximum absolute atomic E-state index is 13.2. The molecular formula is C13H13FN6O. The first-order chi connectivity index (χ1) is 10.3. The zero-order valence-electron chi connectivity index (χ0n) is 11.0. The third kappa shape index (κ3) is 2.90. The van der Waals surface area contributed by atoms with Crippen molar-refractivity contribution in [3.05, 3.63) is 36.4 Å². The zero-order chi connectivity index (χ0) is 14.7. The van der Waals surface area contributed by atoms with Gasteiger partial charge >= 0.3 is 0 Å². The normalized spacial score (nSPS) is 10.8. The van der Waals surface area contributed by atoms with Crippen molar-refractivity contribution in [1.82, 2.24) is 19.9 Å². The first-order valence-electron chi connectivity index (χ1n) is 6.35. The average molecular weight is 288 g/mol.